The fourth-order valence-electron chi connectivity index (χ4n) is 3.65. The summed E-state index contributed by atoms with van der Waals surface area (Å²) in [6.45, 7) is 4.88. The second-order valence-corrected chi connectivity index (χ2v) is 7.22. The van der Waals surface area contributed by atoms with Gasteiger partial charge in [-0.05, 0) is 36.1 Å². The van der Waals surface area contributed by atoms with E-state index in [4.69, 9.17) is 4.74 Å². The van der Waals surface area contributed by atoms with Gasteiger partial charge >= 0.3 is 0 Å². The Hall–Kier alpha value is -2.13. The van der Waals surface area contributed by atoms with Gasteiger partial charge in [-0.25, -0.2) is 0 Å². The fraction of sp³-hybridized carbons (Fsp3) is 0.409. The highest BCUT2D eigenvalue weighted by atomic mass is 16.5. The molecular formula is C22H27NO2. The number of hydrogen-bond donors (Lipinski definition) is 1. The van der Waals surface area contributed by atoms with Crippen LogP contribution in [0.25, 0.3) is 0 Å². The maximum Gasteiger partial charge on any atom is 0.133 e. The van der Waals surface area contributed by atoms with Crippen LogP contribution in [0.5, 0.6) is 5.75 Å². The maximum absolute atomic E-state index is 11.7. The van der Waals surface area contributed by atoms with Gasteiger partial charge in [-0.15, -0.1) is 0 Å². The van der Waals surface area contributed by atoms with Gasteiger partial charge in [-0.2, -0.15) is 0 Å². The van der Waals surface area contributed by atoms with Gasteiger partial charge in [0, 0.05) is 24.4 Å². The second kappa shape index (κ2) is 7.83. The van der Waals surface area contributed by atoms with Gasteiger partial charge in [0.2, 0.25) is 0 Å². The van der Waals surface area contributed by atoms with Crippen LogP contribution < -0.4 is 10.1 Å². The maximum atomic E-state index is 11.7. The summed E-state index contributed by atoms with van der Waals surface area (Å²) in [7, 11) is 0. The summed E-state index contributed by atoms with van der Waals surface area (Å²) < 4.78 is 6.00. The molecule has 0 heterocycles. The molecule has 1 saturated carbocycles. The van der Waals surface area contributed by atoms with Gasteiger partial charge in [0.25, 0.3) is 0 Å². The molecule has 1 aliphatic rings. The first-order chi connectivity index (χ1) is 12.1. The van der Waals surface area contributed by atoms with Gasteiger partial charge in [0.15, 0.2) is 0 Å². The molecule has 0 amide bonds. The molecule has 3 heteroatoms. The molecular weight excluding hydrogens is 310 g/mol. The summed E-state index contributed by atoms with van der Waals surface area (Å²) in [5, 5.41) is 3.73. The van der Waals surface area contributed by atoms with E-state index in [2.05, 4.69) is 49.5 Å². The molecule has 0 atom stereocenters. The first-order valence-electron chi connectivity index (χ1n) is 9.14. The van der Waals surface area contributed by atoms with Crippen molar-refractivity contribution in [2.75, 3.05) is 0 Å². The Morgan fingerprint density at radius 3 is 2.44 bits per heavy atom. The van der Waals surface area contributed by atoms with Crippen molar-refractivity contribution in [2.45, 2.75) is 57.7 Å². The molecule has 2 aromatic rings. The Kier molecular flexibility index (Phi) is 5.54. The highest BCUT2D eigenvalue weighted by Crippen LogP contribution is 2.37. The normalized spacial score (nSPS) is 16.8. The molecule has 0 aliphatic heterocycles. The molecule has 1 aliphatic carbocycles. The molecule has 0 bridgehead atoms. The van der Waals surface area contributed by atoms with Crippen molar-refractivity contribution >= 4 is 5.78 Å². The molecule has 25 heavy (non-hydrogen) atoms. The fourth-order valence-corrected chi connectivity index (χ4v) is 3.65. The van der Waals surface area contributed by atoms with Crippen LogP contribution in [0.15, 0.2) is 54.6 Å². The smallest absolute Gasteiger partial charge is 0.133 e. The number of Topliss-reactive ketones (excluding diaryl/α,β-unsaturated/α-hetero) is 1. The SMILES string of the molecule is CC(C)NC1(c2cccc(OCc3ccccc3)c2)CCC(=O)CC1. The number of carbonyl (C=O) groups excluding carboxylic acids is 1. The minimum atomic E-state index is -0.131. The number of hydrogen-bond acceptors (Lipinski definition) is 3. The molecule has 0 aromatic heterocycles. The Morgan fingerprint density at radius 1 is 1.04 bits per heavy atom. The minimum absolute atomic E-state index is 0.131. The summed E-state index contributed by atoms with van der Waals surface area (Å²) in [5.41, 5.74) is 2.25. The predicted octanol–water partition coefficient (Wildman–Crippen LogP) is 4.60. The Bertz CT molecular complexity index is 699. The van der Waals surface area contributed by atoms with Crippen molar-refractivity contribution in [3.8, 4) is 5.75 Å². The lowest BCUT2D eigenvalue weighted by Gasteiger charge is -2.40. The quantitative estimate of drug-likeness (QED) is 0.837. The second-order valence-electron chi connectivity index (χ2n) is 7.22. The number of ether oxygens (including phenoxy) is 1. The van der Waals surface area contributed by atoms with Crippen LogP contribution >= 0.6 is 0 Å². The minimum Gasteiger partial charge on any atom is -0.489 e. The lowest BCUT2D eigenvalue weighted by atomic mass is 9.75. The topological polar surface area (TPSA) is 38.3 Å². The zero-order valence-electron chi connectivity index (χ0n) is 15.1. The van der Waals surface area contributed by atoms with Gasteiger partial charge in [0.05, 0.1) is 0 Å². The Morgan fingerprint density at radius 2 is 1.76 bits per heavy atom. The standard InChI is InChI=1S/C22H27NO2/c1-17(2)23-22(13-11-20(24)12-14-22)19-9-6-10-21(15-19)25-16-18-7-4-3-5-8-18/h3-10,15,17,23H,11-14,16H2,1-2H3. The van der Waals surface area contributed by atoms with E-state index in [1.165, 1.54) is 5.56 Å². The van der Waals surface area contributed by atoms with Gasteiger partial charge in [-0.3, -0.25) is 4.79 Å². The van der Waals surface area contributed by atoms with Crippen LogP contribution in [-0.4, -0.2) is 11.8 Å². The van der Waals surface area contributed by atoms with E-state index in [1.54, 1.807) is 0 Å². The number of ketones is 1. The highest BCUT2D eigenvalue weighted by molar-refractivity contribution is 5.79. The van der Waals surface area contributed by atoms with E-state index in [0.29, 0.717) is 31.3 Å². The third kappa shape index (κ3) is 4.49. The lowest BCUT2D eigenvalue weighted by molar-refractivity contribution is -0.121. The number of rotatable bonds is 6. The van der Waals surface area contributed by atoms with E-state index in [-0.39, 0.29) is 5.54 Å². The van der Waals surface area contributed by atoms with Crippen molar-refractivity contribution in [1.82, 2.24) is 5.32 Å². The molecule has 1 fully saturated rings. The van der Waals surface area contributed by atoms with E-state index in [1.807, 2.05) is 24.3 Å². The lowest BCUT2D eigenvalue weighted by Crippen LogP contribution is -2.48. The van der Waals surface area contributed by atoms with Crippen LogP contribution in [0.1, 0.15) is 50.7 Å². The third-order valence-electron chi connectivity index (χ3n) is 4.86. The largest absolute Gasteiger partial charge is 0.489 e. The van der Waals surface area contributed by atoms with Crippen LogP contribution in [0, 0.1) is 0 Å². The van der Waals surface area contributed by atoms with Crippen molar-refractivity contribution < 1.29 is 9.53 Å². The van der Waals surface area contributed by atoms with Crippen LogP contribution in [-0.2, 0) is 16.9 Å². The predicted molar refractivity (Wildman–Crippen MR) is 101 cm³/mol. The van der Waals surface area contributed by atoms with Crippen molar-refractivity contribution in [3.05, 3.63) is 65.7 Å². The molecule has 0 spiro atoms. The monoisotopic (exact) mass is 337 g/mol. The molecule has 3 rings (SSSR count). The molecule has 132 valence electrons. The Labute approximate surface area is 150 Å². The van der Waals surface area contributed by atoms with Gasteiger partial charge in [-0.1, -0.05) is 56.3 Å². The average molecular weight is 337 g/mol. The molecule has 1 N–H and O–H groups in total. The summed E-state index contributed by atoms with van der Waals surface area (Å²) in [6, 6.07) is 18.9. The summed E-state index contributed by atoms with van der Waals surface area (Å²) in [5.74, 6) is 1.25. The van der Waals surface area contributed by atoms with Crippen molar-refractivity contribution in [2.24, 2.45) is 0 Å². The molecule has 3 nitrogen and oxygen atoms in total. The van der Waals surface area contributed by atoms with E-state index in [0.717, 1.165) is 24.2 Å². The third-order valence-corrected chi connectivity index (χ3v) is 4.86. The average Bonchev–Trinajstić information content (AvgIpc) is 2.63. The van der Waals surface area contributed by atoms with Crippen LogP contribution in [0.3, 0.4) is 0 Å². The van der Waals surface area contributed by atoms with Gasteiger partial charge < -0.3 is 10.1 Å². The Balaban J connectivity index is 1.79. The first-order valence-corrected chi connectivity index (χ1v) is 9.14. The van der Waals surface area contributed by atoms with Crippen molar-refractivity contribution in [1.29, 1.82) is 0 Å². The summed E-state index contributed by atoms with van der Waals surface area (Å²) >= 11 is 0. The zero-order chi connectivity index (χ0) is 17.7. The van der Waals surface area contributed by atoms with Crippen molar-refractivity contribution in [3.63, 3.8) is 0 Å². The number of benzene rings is 2. The van der Waals surface area contributed by atoms with Crippen LogP contribution in [0.4, 0.5) is 0 Å². The summed E-state index contributed by atoms with van der Waals surface area (Å²) in [6.07, 6.45) is 3.00. The zero-order valence-corrected chi connectivity index (χ0v) is 15.1. The van der Waals surface area contributed by atoms with E-state index >= 15 is 0 Å². The van der Waals surface area contributed by atoms with Gasteiger partial charge in [0.1, 0.15) is 18.1 Å². The van der Waals surface area contributed by atoms with Crippen LogP contribution in [0.2, 0.25) is 0 Å². The van der Waals surface area contributed by atoms with E-state index < -0.39 is 0 Å². The first kappa shape index (κ1) is 17.7. The number of carbonyl (C=O) groups is 1. The highest BCUT2D eigenvalue weighted by Gasteiger charge is 2.36. The molecule has 2 aromatic carbocycles. The molecule has 0 radical (unpaired) electrons. The molecule has 0 unspecified atom stereocenters. The van der Waals surface area contributed by atoms with E-state index in [9.17, 15) is 4.79 Å². The summed E-state index contributed by atoms with van der Waals surface area (Å²) in [4.78, 5) is 11.7. The molecule has 0 saturated heterocycles. The number of nitrogens with one attached hydrogen (secondary N) is 1.